The number of rotatable bonds is 3. The maximum Gasteiger partial charge on any atom is 0.249 e. The fourth-order valence-electron chi connectivity index (χ4n) is 3.26. The van der Waals surface area contributed by atoms with Crippen molar-refractivity contribution in [1.82, 2.24) is 14.8 Å². The monoisotopic (exact) mass is 313 g/mol. The molecule has 4 rings (SSSR count). The molecule has 0 spiro atoms. The first-order valence-corrected chi connectivity index (χ1v) is 7.77. The second kappa shape index (κ2) is 5.47. The molecule has 1 fully saturated rings. The van der Waals surface area contributed by atoms with E-state index in [1.807, 2.05) is 0 Å². The molecule has 1 aliphatic heterocycles. The average Bonchev–Trinajstić information content (AvgIpc) is 3.17. The Morgan fingerprint density at radius 2 is 2.04 bits per heavy atom. The highest BCUT2D eigenvalue weighted by Gasteiger charge is 2.42. The molecule has 0 radical (unpaired) electrons. The van der Waals surface area contributed by atoms with E-state index in [9.17, 15) is 0 Å². The molecular weight excluding hydrogens is 294 g/mol. The van der Waals surface area contributed by atoms with Crippen LogP contribution in [-0.4, -0.2) is 28.0 Å². The van der Waals surface area contributed by atoms with Crippen molar-refractivity contribution >= 4 is 10.8 Å². The topological polar surface area (TPSA) is 62.3 Å². The average molecular weight is 313 g/mol. The van der Waals surface area contributed by atoms with Gasteiger partial charge < -0.3 is 13.9 Å². The number of fused-ring (bicyclic) bond motifs is 1. The molecule has 6 heteroatoms. The molecule has 1 saturated heterocycles. The number of aromatic nitrogens is 3. The van der Waals surface area contributed by atoms with Gasteiger partial charge in [0.2, 0.25) is 5.79 Å². The molecule has 0 atom stereocenters. The van der Waals surface area contributed by atoms with E-state index in [-0.39, 0.29) is 0 Å². The lowest BCUT2D eigenvalue weighted by Gasteiger charge is -2.35. The van der Waals surface area contributed by atoms with Crippen molar-refractivity contribution in [3.63, 3.8) is 0 Å². The molecule has 0 aliphatic carbocycles. The molecule has 0 amide bonds. The van der Waals surface area contributed by atoms with Crippen LogP contribution in [0.25, 0.3) is 10.8 Å². The Balaban J connectivity index is 1.86. The van der Waals surface area contributed by atoms with Gasteiger partial charge in [0.1, 0.15) is 19.2 Å². The second-order valence-corrected chi connectivity index (χ2v) is 6.01. The SMILES string of the molecule is Cc1cc(C)c2c(C3(Cn4cncn4)OCCCO3)occ2c1. The van der Waals surface area contributed by atoms with Crippen LogP contribution in [0.4, 0.5) is 0 Å². The number of benzene rings is 1. The van der Waals surface area contributed by atoms with Gasteiger partial charge in [0.15, 0.2) is 5.76 Å². The van der Waals surface area contributed by atoms with E-state index in [1.54, 1.807) is 17.3 Å². The van der Waals surface area contributed by atoms with Crippen LogP contribution in [0, 0.1) is 13.8 Å². The van der Waals surface area contributed by atoms with Crippen molar-refractivity contribution in [2.24, 2.45) is 0 Å². The molecule has 0 unspecified atom stereocenters. The van der Waals surface area contributed by atoms with Crippen molar-refractivity contribution in [2.75, 3.05) is 13.2 Å². The Labute approximate surface area is 134 Å². The summed E-state index contributed by atoms with van der Waals surface area (Å²) in [7, 11) is 0. The van der Waals surface area contributed by atoms with Gasteiger partial charge in [0, 0.05) is 10.8 Å². The summed E-state index contributed by atoms with van der Waals surface area (Å²) in [5.74, 6) is -0.256. The molecule has 120 valence electrons. The normalized spacial score (nSPS) is 17.7. The summed E-state index contributed by atoms with van der Waals surface area (Å²) in [6.07, 6.45) is 5.81. The molecule has 1 aliphatic rings. The van der Waals surface area contributed by atoms with Gasteiger partial charge in [-0.15, -0.1) is 0 Å². The maximum absolute atomic E-state index is 6.07. The minimum absolute atomic E-state index is 0.406. The molecule has 0 bridgehead atoms. The standard InChI is InChI=1S/C17H19N3O3/c1-12-6-13(2)15-14(7-12)8-21-16(15)17(22-4-3-5-23-17)9-20-11-18-10-19-20/h6-8,10-11H,3-5,9H2,1-2H3. The second-order valence-electron chi connectivity index (χ2n) is 6.01. The molecule has 0 saturated carbocycles. The summed E-state index contributed by atoms with van der Waals surface area (Å²) in [6, 6.07) is 4.26. The van der Waals surface area contributed by atoms with Gasteiger partial charge in [0.05, 0.1) is 19.5 Å². The largest absolute Gasteiger partial charge is 0.462 e. The van der Waals surface area contributed by atoms with Gasteiger partial charge in [-0.25, -0.2) is 9.67 Å². The lowest BCUT2D eigenvalue weighted by molar-refractivity contribution is -0.292. The summed E-state index contributed by atoms with van der Waals surface area (Å²) < 4.78 is 19.8. The van der Waals surface area contributed by atoms with Gasteiger partial charge in [-0.05, 0) is 31.9 Å². The molecule has 3 heterocycles. The van der Waals surface area contributed by atoms with Gasteiger partial charge in [-0.1, -0.05) is 11.6 Å². The zero-order valence-corrected chi connectivity index (χ0v) is 13.3. The summed E-state index contributed by atoms with van der Waals surface area (Å²) in [5.41, 5.74) is 2.36. The first-order chi connectivity index (χ1) is 11.2. The van der Waals surface area contributed by atoms with Crippen LogP contribution >= 0.6 is 0 Å². The van der Waals surface area contributed by atoms with Gasteiger partial charge >= 0.3 is 0 Å². The van der Waals surface area contributed by atoms with Crippen LogP contribution in [0.2, 0.25) is 0 Å². The molecule has 3 aromatic rings. The smallest absolute Gasteiger partial charge is 0.249 e. The van der Waals surface area contributed by atoms with Crippen LogP contribution in [0.3, 0.4) is 0 Å². The van der Waals surface area contributed by atoms with E-state index >= 15 is 0 Å². The van der Waals surface area contributed by atoms with Crippen LogP contribution in [0.1, 0.15) is 23.3 Å². The predicted octanol–water partition coefficient (Wildman–Crippen LogP) is 2.93. The summed E-state index contributed by atoms with van der Waals surface area (Å²) in [4.78, 5) is 4.00. The predicted molar refractivity (Wildman–Crippen MR) is 83.9 cm³/mol. The minimum atomic E-state index is -0.965. The highest BCUT2D eigenvalue weighted by molar-refractivity contribution is 5.88. The number of hydrogen-bond acceptors (Lipinski definition) is 5. The Morgan fingerprint density at radius 3 is 2.78 bits per heavy atom. The summed E-state index contributed by atoms with van der Waals surface area (Å²) >= 11 is 0. The van der Waals surface area contributed by atoms with Gasteiger partial charge in [-0.3, -0.25) is 0 Å². The van der Waals surface area contributed by atoms with Gasteiger partial charge in [0.25, 0.3) is 0 Å². The van der Waals surface area contributed by atoms with E-state index in [0.29, 0.717) is 25.5 Å². The van der Waals surface area contributed by atoms with Crippen molar-refractivity contribution < 1.29 is 13.9 Å². The molecular formula is C17H19N3O3. The fraction of sp³-hybridized carbons (Fsp3) is 0.412. The van der Waals surface area contributed by atoms with E-state index in [0.717, 1.165) is 22.8 Å². The van der Waals surface area contributed by atoms with Crippen molar-refractivity contribution in [3.05, 3.63) is 47.9 Å². The van der Waals surface area contributed by atoms with Crippen LogP contribution in [-0.2, 0) is 21.8 Å². The zero-order valence-electron chi connectivity index (χ0n) is 13.3. The highest BCUT2D eigenvalue weighted by Crippen LogP contribution is 2.39. The third-order valence-electron chi connectivity index (χ3n) is 4.18. The molecule has 2 aromatic heterocycles. The van der Waals surface area contributed by atoms with Crippen LogP contribution in [0.5, 0.6) is 0 Å². The van der Waals surface area contributed by atoms with E-state index in [2.05, 4.69) is 36.1 Å². The molecule has 1 aromatic carbocycles. The number of aryl methyl sites for hydroxylation is 2. The third kappa shape index (κ3) is 2.44. The lowest BCUT2D eigenvalue weighted by Crippen LogP contribution is -2.41. The van der Waals surface area contributed by atoms with Crippen molar-refractivity contribution in [2.45, 2.75) is 32.6 Å². The quantitative estimate of drug-likeness (QED) is 0.744. The summed E-state index contributed by atoms with van der Waals surface area (Å²) in [5, 5.41) is 6.30. The lowest BCUT2D eigenvalue weighted by atomic mass is 10.0. The number of hydrogen-bond donors (Lipinski definition) is 0. The van der Waals surface area contributed by atoms with Crippen molar-refractivity contribution in [3.8, 4) is 0 Å². The Hall–Kier alpha value is -2.18. The van der Waals surface area contributed by atoms with Crippen molar-refractivity contribution in [1.29, 1.82) is 0 Å². The third-order valence-corrected chi connectivity index (χ3v) is 4.18. The highest BCUT2D eigenvalue weighted by atomic mass is 16.7. The van der Waals surface area contributed by atoms with Crippen LogP contribution < -0.4 is 0 Å². The number of ether oxygens (including phenoxy) is 2. The number of furan rings is 1. The van der Waals surface area contributed by atoms with E-state index in [1.165, 1.54) is 11.9 Å². The molecule has 6 nitrogen and oxygen atoms in total. The summed E-state index contributed by atoms with van der Waals surface area (Å²) in [6.45, 7) is 5.82. The first-order valence-electron chi connectivity index (χ1n) is 7.77. The molecule has 23 heavy (non-hydrogen) atoms. The minimum Gasteiger partial charge on any atom is -0.462 e. The zero-order chi connectivity index (χ0) is 15.9. The maximum atomic E-state index is 6.07. The number of nitrogens with zero attached hydrogens (tertiary/aromatic N) is 3. The van der Waals surface area contributed by atoms with Crippen LogP contribution in [0.15, 0.2) is 35.5 Å². The molecule has 0 N–H and O–H groups in total. The Morgan fingerprint density at radius 1 is 1.22 bits per heavy atom. The Kier molecular flexibility index (Phi) is 3.43. The first kappa shape index (κ1) is 14.4. The Bertz CT molecular complexity index is 817. The van der Waals surface area contributed by atoms with E-state index < -0.39 is 5.79 Å². The van der Waals surface area contributed by atoms with Gasteiger partial charge in [-0.2, -0.15) is 5.10 Å². The van der Waals surface area contributed by atoms with E-state index in [4.69, 9.17) is 13.9 Å². The fourth-order valence-corrected chi connectivity index (χ4v) is 3.26.